The number of amides is 1. The maximum atomic E-state index is 12.7. The fourth-order valence-corrected chi connectivity index (χ4v) is 4.32. The second kappa shape index (κ2) is 5.13. The van der Waals surface area contributed by atoms with Crippen LogP contribution in [0.15, 0.2) is 0 Å². The van der Waals surface area contributed by atoms with E-state index < -0.39 is 12.1 Å². The summed E-state index contributed by atoms with van der Waals surface area (Å²) in [5.41, 5.74) is 6.13. The van der Waals surface area contributed by atoms with Crippen LogP contribution in [0.2, 0.25) is 0 Å². The quantitative estimate of drug-likeness (QED) is 0.727. The van der Waals surface area contributed by atoms with E-state index in [-0.39, 0.29) is 35.5 Å². The van der Waals surface area contributed by atoms with Gasteiger partial charge in [0, 0.05) is 6.54 Å². The highest BCUT2D eigenvalue weighted by molar-refractivity contribution is 6.21. The molecule has 5 unspecified atom stereocenters. The van der Waals surface area contributed by atoms with Gasteiger partial charge in [0.2, 0.25) is 5.91 Å². The molecule has 1 aliphatic carbocycles. The first-order chi connectivity index (χ1) is 9.44. The Hall–Kier alpha value is -0.360. The Bertz CT molecular complexity index is 400. The Morgan fingerprint density at radius 2 is 2.15 bits per heavy atom. The highest BCUT2D eigenvalue weighted by atomic mass is 35.5. The predicted octanol–water partition coefficient (Wildman–Crippen LogP) is 0.472. The maximum Gasteiger partial charge on any atom is 0.240 e. The minimum atomic E-state index is -0.656. The van der Waals surface area contributed by atoms with Gasteiger partial charge < -0.3 is 20.5 Å². The molecule has 20 heavy (non-hydrogen) atoms. The van der Waals surface area contributed by atoms with E-state index in [4.69, 9.17) is 22.1 Å². The Morgan fingerprint density at radius 1 is 1.50 bits per heavy atom. The molecule has 1 amide bonds. The Kier molecular flexibility index (Phi) is 3.73. The number of nitrogens with zero attached hydrogens (tertiary/aromatic N) is 1. The van der Waals surface area contributed by atoms with E-state index in [0.717, 1.165) is 25.7 Å². The monoisotopic (exact) mass is 302 g/mol. The molecule has 2 saturated heterocycles. The first-order valence-corrected chi connectivity index (χ1v) is 7.87. The summed E-state index contributed by atoms with van der Waals surface area (Å²) in [5, 5.41) is 9.77. The lowest BCUT2D eigenvalue weighted by atomic mass is 9.80. The molecule has 0 spiro atoms. The van der Waals surface area contributed by atoms with Crippen LogP contribution in [0.3, 0.4) is 0 Å². The zero-order valence-corrected chi connectivity index (χ0v) is 12.6. The number of halogens is 1. The number of carbonyl (C=O) groups is 1. The molecule has 5 atom stereocenters. The van der Waals surface area contributed by atoms with Crippen LogP contribution in [0.25, 0.3) is 0 Å². The van der Waals surface area contributed by atoms with Crippen molar-refractivity contribution < 1.29 is 14.6 Å². The molecule has 0 aromatic rings. The highest BCUT2D eigenvalue weighted by Gasteiger charge is 2.53. The third kappa shape index (κ3) is 2.15. The molecule has 3 rings (SSSR count). The van der Waals surface area contributed by atoms with Crippen molar-refractivity contribution in [3.63, 3.8) is 0 Å². The van der Waals surface area contributed by atoms with Crippen molar-refractivity contribution in [3.05, 3.63) is 0 Å². The van der Waals surface area contributed by atoms with Crippen LogP contribution in [0.1, 0.15) is 32.6 Å². The molecular formula is C14H23ClN2O3. The van der Waals surface area contributed by atoms with Gasteiger partial charge in [-0.2, -0.15) is 0 Å². The van der Waals surface area contributed by atoms with E-state index in [1.165, 1.54) is 0 Å². The number of ether oxygens (including phenoxy) is 1. The minimum Gasteiger partial charge on any atom is -0.388 e. The average molecular weight is 303 g/mol. The number of aliphatic hydroxyl groups excluding tert-OH is 1. The molecule has 2 heterocycles. The van der Waals surface area contributed by atoms with E-state index in [1.807, 2.05) is 0 Å². The topological polar surface area (TPSA) is 75.8 Å². The lowest BCUT2D eigenvalue weighted by Crippen LogP contribution is -2.55. The molecule has 1 saturated carbocycles. The molecule has 3 N–H and O–H groups in total. The van der Waals surface area contributed by atoms with Crippen molar-refractivity contribution >= 4 is 17.5 Å². The largest absolute Gasteiger partial charge is 0.388 e. The molecule has 3 fully saturated rings. The number of hydrogen-bond donors (Lipinski definition) is 2. The normalized spacial score (nSPS) is 40.9. The van der Waals surface area contributed by atoms with Crippen molar-refractivity contribution in [2.24, 2.45) is 11.1 Å². The van der Waals surface area contributed by atoms with Gasteiger partial charge in [0.1, 0.15) is 6.10 Å². The summed E-state index contributed by atoms with van der Waals surface area (Å²) < 4.78 is 5.50. The molecule has 3 aliphatic rings. The second-order valence-electron chi connectivity index (χ2n) is 6.70. The predicted molar refractivity (Wildman–Crippen MR) is 75.4 cm³/mol. The fraction of sp³-hybridized carbons (Fsp3) is 0.929. The number of hydrogen-bond acceptors (Lipinski definition) is 4. The molecule has 0 aromatic carbocycles. The number of likely N-dealkylation sites (tertiary alicyclic amines) is 1. The van der Waals surface area contributed by atoms with Crippen molar-refractivity contribution in [1.82, 2.24) is 4.90 Å². The first kappa shape index (κ1) is 14.6. The second-order valence-corrected chi connectivity index (χ2v) is 7.26. The molecule has 0 bridgehead atoms. The number of rotatable bonds is 2. The van der Waals surface area contributed by atoms with Crippen LogP contribution in [0.5, 0.6) is 0 Å². The van der Waals surface area contributed by atoms with Gasteiger partial charge in [-0.25, -0.2) is 0 Å². The van der Waals surface area contributed by atoms with E-state index >= 15 is 0 Å². The molecule has 5 nitrogen and oxygen atoms in total. The summed E-state index contributed by atoms with van der Waals surface area (Å²) in [6.07, 6.45) is 3.33. The molecule has 6 heteroatoms. The van der Waals surface area contributed by atoms with Crippen LogP contribution in [0.4, 0.5) is 0 Å². The van der Waals surface area contributed by atoms with Crippen LogP contribution < -0.4 is 5.73 Å². The fourth-order valence-electron chi connectivity index (χ4n) is 3.95. The van der Waals surface area contributed by atoms with Gasteiger partial charge in [-0.3, -0.25) is 4.79 Å². The molecule has 114 valence electrons. The van der Waals surface area contributed by atoms with E-state index in [0.29, 0.717) is 6.54 Å². The molecular weight excluding hydrogens is 280 g/mol. The van der Waals surface area contributed by atoms with Crippen LogP contribution in [-0.4, -0.2) is 58.7 Å². The van der Waals surface area contributed by atoms with Crippen molar-refractivity contribution in [1.29, 1.82) is 0 Å². The number of carbonyl (C=O) groups excluding carboxylic acids is 1. The van der Waals surface area contributed by atoms with Crippen LogP contribution in [0, 0.1) is 5.41 Å². The molecule has 0 radical (unpaired) electrons. The summed E-state index contributed by atoms with van der Waals surface area (Å²) in [5.74, 6) is -0.0860. The first-order valence-electron chi connectivity index (χ1n) is 7.44. The van der Waals surface area contributed by atoms with Gasteiger partial charge in [0.05, 0.1) is 30.2 Å². The van der Waals surface area contributed by atoms with Gasteiger partial charge in [0.15, 0.2) is 0 Å². The van der Waals surface area contributed by atoms with Gasteiger partial charge in [0.25, 0.3) is 0 Å². The zero-order valence-electron chi connectivity index (χ0n) is 11.8. The number of nitrogens with two attached hydrogens (primary N) is 1. The standard InChI is InChI=1S/C14H23ClN2O3/c1-14(4-2-3-5-14)12(16)13(19)17-6-8(15)11-10(17)9(18)7-20-11/h8-12,18H,2-7,16H2,1H3. The van der Waals surface area contributed by atoms with Gasteiger partial charge in [-0.1, -0.05) is 19.8 Å². The summed E-state index contributed by atoms with van der Waals surface area (Å²) in [6, 6.07) is -0.846. The average Bonchev–Trinajstić information content (AvgIpc) is 3.09. The molecule has 2 aliphatic heterocycles. The third-order valence-electron chi connectivity index (χ3n) is 5.32. The van der Waals surface area contributed by atoms with Crippen molar-refractivity contribution in [3.8, 4) is 0 Å². The van der Waals surface area contributed by atoms with Crippen molar-refractivity contribution in [2.75, 3.05) is 13.2 Å². The van der Waals surface area contributed by atoms with Crippen LogP contribution >= 0.6 is 11.6 Å². The van der Waals surface area contributed by atoms with Gasteiger partial charge in [-0.15, -0.1) is 11.6 Å². The molecule has 0 aromatic heterocycles. The van der Waals surface area contributed by atoms with Crippen LogP contribution in [-0.2, 0) is 9.53 Å². The SMILES string of the molecule is CC1(C(N)C(=O)N2CC(Cl)C3OCC(O)C32)CCCC1. The summed E-state index contributed by atoms with van der Waals surface area (Å²) in [7, 11) is 0. The highest BCUT2D eigenvalue weighted by Crippen LogP contribution is 2.41. The lowest BCUT2D eigenvalue weighted by Gasteiger charge is -2.35. The lowest BCUT2D eigenvalue weighted by molar-refractivity contribution is -0.138. The maximum absolute atomic E-state index is 12.7. The summed E-state index contributed by atoms with van der Waals surface area (Å²) in [6.45, 7) is 2.75. The Morgan fingerprint density at radius 3 is 2.80 bits per heavy atom. The number of aliphatic hydroxyl groups is 1. The smallest absolute Gasteiger partial charge is 0.240 e. The Balaban J connectivity index is 1.77. The summed E-state index contributed by atoms with van der Waals surface area (Å²) in [4.78, 5) is 14.4. The number of alkyl halides is 1. The van der Waals surface area contributed by atoms with Gasteiger partial charge >= 0.3 is 0 Å². The van der Waals surface area contributed by atoms with E-state index in [9.17, 15) is 9.90 Å². The van der Waals surface area contributed by atoms with E-state index in [2.05, 4.69) is 6.92 Å². The van der Waals surface area contributed by atoms with Gasteiger partial charge in [-0.05, 0) is 18.3 Å². The minimum absolute atomic E-state index is 0.0860. The Labute approximate surface area is 124 Å². The van der Waals surface area contributed by atoms with Crippen molar-refractivity contribution in [2.45, 2.75) is 62.3 Å². The summed E-state index contributed by atoms with van der Waals surface area (Å²) >= 11 is 6.25. The van der Waals surface area contributed by atoms with E-state index in [1.54, 1.807) is 4.90 Å². The number of fused-ring (bicyclic) bond motifs is 1. The zero-order chi connectivity index (χ0) is 14.5. The third-order valence-corrected chi connectivity index (χ3v) is 5.71.